The minimum absolute atomic E-state index is 0.0483. The highest BCUT2D eigenvalue weighted by molar-refractivity contribution is 6.23. The van der Waals surface area contributed by atoms with Gasteiger partial charge in [0.15, 0.2) is 5.82 Å². The van der Waals surface area contributed by atoms with Gasteiger partial charge in [-0.3, -0.25) is 48.9 Å². The Hall–Kier alpha value is -6.11. The van der Waals surface area contributed by atoms with Crippen molar-refractivity contribution in [1.82, 2.24) is 49.6 Å². The number of amides is 5. The van der Waals surface area contributed by atoms with Crippen molar-refractivity contribution in [3.8, 4) is 11.5 Å². The molecule has 0 bridgehead atoms. The third kappa shape index (κ3) is 8.45. The number of benzene rings is 1. The van der Waals surface area contributed by atoms with E-state index in [-0.39, 0.29) is 24.7 Å². The number of anilines is 3. The lowest BCUT2D eigenvalue weighted by atomic mass is 9.96. The highest BCUT2D eigenvalue weighted by atomic mass is 16.2. The molecule has 5 amide bonds. The van der Waals surface area contributed by atoms with E-state index in [0.29, 0.717) is 59.1 Å². The lowest BCUT2D eigenvalue weighted by molar-refractivity contribution is -0.136. The molecule has 4 fully saturated rings. The Morgan fingerprint density at radius 3 is 2.36 bits per heavy atom. The average molecular weight is 898 g/mol. The maximum Gasteiger partial charge on any atom is 0.262 e. The normalized spacial score (nSPS) is 22.0. The van der Waals surface area contributed by atoms with E-state index >= 15 is 0 Å². The summed E-state index contributed by atoms with van der Waals surface area (Å²) in [5, 5.41) is 10.6. The quantitative estimate of drug-likeness (QED) is 0.194. The van der Waals surface area contributed by atoms with E-state index in [9.17, 15) is 24.0 Å². The zero-order valence-electron chi connectivity index (χ0n) is 38.2. The molecule has 0 radical (unpaired) electrons. The van der Waals surface area contributed by atoms with Gasteiger partial charge in [-0.1, -0.05) is 6.07 Å². The molecule has 9 heterocycles. The van der Waals surface area contributed by atoms with Crippen molar-refractivity contribution < 1.29 is 24.0 Å². The predicted molar refractivity (Wildman–Crippen MR) is 247 cm³/mol. The number of piperazine rings is 1. The van der Waals surface area contributed by atoms with E-state index in [2.05, 4.69) is 54.0 Å². The summed E-state index contributed by atoms with van der Waals surface area (Å²) in [7, 11) is 2.16. The maximum absolute atomic E-state index is 14.2. The molecule has 18 heteroatoms. The molecule has 1 aromatic carbocycles. The molecule has 2 atom stereocenters. The van der Waals surface area contributed by atoms with Gasteiger partial charge in [0, 0.05) is 89.2 Å². The Balaban J connectivity index is 0.715. The average Bonchev–Trinajstić information content (AvgIpc) is 4.12. The zero-order valence-corrected chi connectivity index (χ0v) is 38.2. The molecule has 6 aliphatic heterocycles. The fraction of sp³-hybridized carbons (Fsp3) is 0.521. The highest BCUT2D eigenvalue weighted by Gasteiger charge is 2.45. The Morgan fingerprint density at radius 2 is 1.61 bits per heavy atom. The standard InChI is InChI=1S/C48H59N13O5/c1-4-57-30-49-53-44(57)38-8-5-9-41(50-38)60-28-37-36(46(60)64)26-42(59-16-6-7-31(59)2)51-39(37)29-54(3)19-20-55-17-14-32(15-18-55)27-56-21-23-58(24-22-56)33-10-11-34-35(25-33)48(66)61(47(34)65)40-12-13-43(62)52-45(40)63/h5,8-11,25-26,30-32,40H,4,6-7,12-24,27-29H2,1-3H3,(H,52,62,63)/t31-,40?/m1/s1. The van der Waals surface area contributed by atoms with Crippen LogP contribution in [0.5, 0.6) is 0 Å². The van der Waals surface area contributed by atoms with E-state index in [1.165, 1.54) is 0 Å². The maximum atomic E-state index is 14.2. The molecule has 1 unspecified atom stereocenters. The van der Waals surface area contributed by atoms with Gasteiger partial charge in [0.1, 0.15) is 29.7 Å². The van der Waals surface area contributed by atoms with E-state index in [0.717, 1.165) is 125 Å². The number of aromatic nitrogens is 5. The molecule has 0 saturated carbocycles. The van der Waals surface area contributed by atoms with Crippen LogP contribution in [0.15, 0.2) is 48.8 Å². The van der Waals surface area contributed by atoms with Crippen molar-refractivity contribution in [3.63, 3.8) is 0 Å². The Morgan fingerprint density at radius 1 is 0.803 bits per heavy atom. The molecule has 0 aliphatic carbocycles. The third-order valence-corrected chi connectivity index (χ3v) is 14.6. The van der Waals surface area contributed by atoms with Gasteiger partial charge in [0.25, 0.3) is 17.7 Å². The van der Waals surface area contributed by atoms with Gasteiger partial charge in [-0.05, 0) is 108 Å². The van der Waals surface area contributed by atoms with Crippen molar-refractivity contribution in [1.29, 1.82) is 0 Å². The number of hydrogen-bond acceptors (Lipinski definition) is 14. The number of likely N-dealkylation sites (N-methyl/N-ethyl adjacent to an activating group) is 1. The van der Waals surface area contributed by atoms with Crippen LogP contribution in [0.2, 0.25) is 0 Å². The monoisotopic (exact) mass is 897 g/mol. The molecule has 10 rings (SSSR count). The van der Waals surface area contributed by atoms with Crippen LogP contribution in [-0.2, 0) is 29.2 Å². The van der Waals surface area contributed by atoms with Gasteiger partial charge in [0.05, 0.1) is 28.9 Å². The lowest BCUT2D eigenvalue weighted by Gasteiger charge is -2.40. The summed E-state index contributed by atoms with van der Waals surface area (Å²) in [4.78, 5) is 90.1. The summed E-state index contributed by atoms with van der Waals surface area (Å²) in [5.41, 5.74) is 4.85. The predicted octanol–water partition coefficient (Wildman–Crippen LogP) is 3.27. The number of fused-ring (bicyclic) bond motifs is 2. The van der Waals surface area contributed by atoms with Crippen LogP contribution in [0.3, 0.4) is 0 Å². The number of pyridine rings is 2. The first-order chi connectivity index (χ1) is 32.0. The molecule has 4 aromatic rings. The van der Waals surface area contributed by atoms with Crippen molar-refractivity contribution in [2.24, 2.45) is 5.92 Å². The summed E-state index contributed by atoms with van der Waals surface area (Å²) >= 11 is 0. The van der Waals surface area contributed by atoms with Gasteiger partial charge in [-0.15, -0.1) is 10.2 Å². The Kier molecular flexibility index (Phi) is 12.1. The highest BCUT2D eigenvalue weighted by Crippen LogP contribution is 2.36. The second-order valence-electron chi connectivity index (χ2n) is 18.8. The minimum Gasteiger partial charge on any atom is -0.369 e. The molecular weight excluding hydrogens is 839 g/mol. The second-order valence-corrected chi connectivity index (χ2v) is 18.8. The first-order valence-corrected chi connectivity index (χ1v) is 23.7. The van der Waals surface area contributed by atoms with Crippen molar-refractivity contribution in [2.45, 2.75) is 84.1 Å². The number of likely N-dealkylation sites (tertiary alicyclic amines) is 1. The zero-order chi connectivity index (χ0) is 45.6. The first-order valence-electron chi connectivity index (χ1n) is 23.7. The van der Waals surface area contributed by atoms with Crippen LogP contribution in [-0.4, -0.2) is 158 Å². The Labute approximate surface area is 384 Å². The van der Waals surface area contributed by atoms with Crippen molar-refractivity contribution in [3.05, 3.63) is 76.7 Å². The number of carbonyl (C=O) groups excluding carboxylic acids is 5. The summed E-state index contributed by atoms with van der Waals surface area (Å²) in [5.74, 6) is 0.801. The molecule has 0 spiro atoms. The third-order valence-electron chi connectivity index (χ3n) is 14.6. The molecule has 346 valence electrons. The smallest absolute Gasteiger partial charge is 0.262 e. The molecule has 1 N–H and O–H groups in total. The van der Waals surface area contributed by atoms with Crippen LogP contribution in [0, 0.1) is 5.92 Å². The first kappa shape index (κ1) is 43.8. The number of piperidine rings is 2. The van der Waals surface area contributed by atoms with Crippen molar-refractivity contribution >= 4 is 46.9 Å². The lowest BCUT2D eigenvalue weighted by Crippen LogP contribution is -2.54. The van der Waals surface area contributed by atoms with Gasteiger partial charge in [0.2, 0.25) is 11.8 Å². The molecular formula is C48H59N13O5. The van der Waals surface area contributed by atoms with Crippen LogP contribution >= 0.6 is 0 Å². The van der Waals surface area contributed by atoms with E-state index < -0.39 is 23.8 Å². The molecule has 18 nitrogen and oxygen atoms in total. The number of nitrogens with one attached hydrogen (secondary N) is 1. The van der Waals surface area contributed by atoms with Gasteiger partial charge in [-0.2, -0.15) is 0 Å². The summed E-state index contributed by atoms with van der Waals surface area (Å²) in [6.07, 6.45) is 6.48. The molecule has 66 heavy (non-hydrogen) atoms. The van der Waals surface area contributed by atoms with Crippen LogP contribution in [0.25, 0.3) is 11.5 Å². The largest absolute Gasteiger partial charge is 0.369 e. The van der Waals surface area contributed by atoms with E-state index in [4.69, 9.17) is 9.97 Å². The SMILES string of the molecule is CCn1cnnc1-c1cccc(N2Cc3c(cc(N4CCC[C@H]4C)nc3CN(C)CCN3CCC(CN4CCN(c5ccc6c(c5)C(=O)N(C5CCC(=O)NC5=O)C6=O)CC4)CC3)C2=O)n1. The number of nitrogens with zero attached hydrogens (tertiary/aromatic N) is 12. The van der Waals surface area contributed by atoms with Crippen LogP contribution in [0.4, 0.5) is 17.3 Å². The number of carbonyl (C=O) groups is 5. The van der Waals surface area contributed by atoms with Gasteiger partial charge in [-0.25, -0.2) is 9.97 Å². The molecule has 4 saturated heterocycles. The van der Waals surface area contributed by atoms with E-state index in [1.807, 2.05) is 41.8 Å². The topological polar surface area (TPSA) is 177 Å². The Bertz CT molecular complexity index is 2550. The van der Waals surface area contributed by atoms with E-state index in [1.54, 1.807) is 23.4 Å². The number of aryl methyl sites for hydroxylation is 1. The van der Waals surface area contributed by atoms with Crippen LogP contribution in [0.1, 0.15) is 94.7 Å². The van der Waals surface area contributed by atoms with Crippen LogP contribution < -0.4 is 20.0 Å². The molecule has 3 aromatic heterocycles. The summed E-state index contributed by atoms with van der Waals surface area (Å²) in [6, 6.07) is 12.5. The fourth-order valence-electron chi connectivity index (χ4n) is 10.7. The number of hydrogen-bond donors (Lipinski definition) is 1. The van der Waals surface area contributed by atoms with Crippen molar-refractivity contribution in [2.75, 3.05) is 87.2 Å². The summed E-state index contributed by atoms with van der Waals surface area (Å²) in [6.45, 7) is 15.5. The minimum atomic E-state index is -0.969. The molecule has 6 aliphatic rings. The summed E-state index contributed by atoms with van der Waals surface area (Å²) < 4.78 is 1.94. The second kappa shape index (κ2) is 18.3. The fourth-order valence-corrected chi connectivity index (χ4v) is 10.7. The number of imide groups is 2. The van der Waals surface area contributed by atoms with Gasteiger partial charge >= 0.3 is 0 Å². The van der Waals surface area contributed by atoms with Gasteiger partial charge < -0.3 is 19.3 Å². The number of rotatable bonds is 13.